The maximum Gasteiger partial charge on any atom is 0.263 e. The minimum absolute atomic E-state index is 0.0926. The molecule has 1 heterocycles. The molecule has 4 rings (SSSR count). The molecule has 0 saturated carbocycles. The van der Waals surface area contributed by atoms with Gasteiger partial charge in [-0.2, -0.15) is 0 Å². The van der Waals surface area contributed by atoms with Crippen molar-refractivity contribution in [3.63, 3.8) is 0 Å². The number of hydrogen-bond acceptors (Lipinski definition) is 6. The number of sulfonamides is 1. The van der Waals surface area contributed by atoms with E-state index in [1.54, 1.807) is 19.2 Å². The number of nitrogens with one attached hydrogen (secondary N) is 1. The molecule has 2 N–H and O–H groups in total. The molecule has 0 aliphatic heterocycles. The van der Waals surface area contributed by atoms with Gasteiger partial charge in [-0.05, 0) is 48.9 Å². The molecule has 0 spiro atoms. The first kappa shape index (κ1) is 21.7. The fraction of sp³-hybridized carbons (Fsp3) is 0.0870. The fourth-order valence-corrected chi connectivity index (χ4v) is 4.81. The molecule has 0 aliphatic rings. The number of anilines is 1. The van der Waals surface area contributed by atoms with Crippen LogP contribution in [0.25, 0.3) is 10.9 Å². The average molecular weight is 471 g/mol. The quantitative estimate of drug-likeness (QED) is 0.386. The van der Waals surface area contributed by atoms with Crippen molar-refractivity contribution in [2.45, 2.75) is 11.8 Å². The zero-order valence-electron chi connectivity index (χ0n) is 17.2. The number of phenols is 1. The lowest BCUT2D eigenvalue weighted by Crippen LogP contribution is -2.13. The summed E-state index contributed by atoms with van der Waals surface area (Å²) in [4.78, 5) is 4.23. The minimum atomic E-state index is -4.00. The number of para-hydroxylation sites is 1. The highest BCUT2D eigenvalue weighted by Crippen LogP contribution is 2.38. The number of aryl methyl sites for hydroxylation is 1. The van der Waals surface area contributed by atoms with Crippen LogP contribution in [0.15, 0.2) is 71.8 Å². The Kier molecular flexibility index (Phi) is 5.82. The summed E-state index contributed by atoms with van der Waals surface area (Å²) in [5, 5.41) is 10.3. The maximum absolute atomic E-state index is 12.8. The summed E-state index contributed by atoms with van der Waals surface area (Å²) in [6.07, 6.45) is 1.62. The van der Waals surface area contributed by atoms with Crippen LogP contribution in [0.2, 0.25) is 5.02 Å². The zero-order valence-corrected chi connectivity index (χ0v) is 18.7. The topological polar surface area (TPSA) is 97.8 Å². The molecule has 0 fully saturated rings. The van der Waals surface area contributed by atoms with Gasteiger partial charge in [0.1, 0.15) is 16.4 Å². The van der Waals surface area contributed by atoms with Gasteiger partial charge in [0.2, 0.25) is 0 Å². The minimum Gasteiger partial charge on any atom is -0.508 e. The van der Waals surface area contributed by atoms with E-state index in [1.165, 1.54) is 25.3 Å². The van der Waals surface area contributed by atoms with Gasteiger partial charge in [-0.25, -0.2) is 8.42 Å². The van der Waals surface area contributed by atoms with Crippen molar-refractivity contribution < 1.29 is 23.0 Å². The Morgan fingerprint density at radius 1 is 1.06 bits per heavy atom. The van der Waals surface area contributed by atoms with Crippen LogP contribution < -0.4 is 14.2 Å². The first-order valence-electron chi connectivity index (χ1n) is 9.49. The Balaban J connectivity index is 1.65. The predicted octanol–water partition coefficient (Wildman–Crippen LogP) is 5.50. The first-order chi connectivity index (χ1) is 15.3. The molecule has 0 atom stereocenters. The third-order valence-electron chi connectivity index (χ3n) is 4.70. The average Bonchev–Trinajstić information content (AvgIpc) is 2.74. The number of phenolic OH excluding ortho intramolecular Hbond substituents is 1. The van der Waals surface area contributed by atoms with Crippen molar-refractivity contribution in [3.05, 3.63) is 77.4 Å². The highest BCUT2D eigenvalue weighted by molar-refractivity contribution is 7.92. The van der Waals surface area contributed by atoms with E-state index in [9.17, 15) is 13.5 Å². The summed E-state index contributed by atoms with van der Waals surface area (Å²) >= 11 is 6.00. The number of methoxy groups -OCH3 is 1. The summed E-state index contributed by atoms with van der Waals surface area (Å²) in [5.41, 5.74) is 1.76. The monoisotopic (exact) mass is 470 g/mol. The SMILES string of the molecule is COc1cc(NS(=O)(=O)c2ccc(O)cc2Cl)cc(C)c1Oc1cnc2ccccc2c1. The second-order valence-corrected chi connectivity index (χ2v) is 9.07. The van der Waals surface area contributed by atoms with Gasteiger partial charge >= 0.3 is 0 Å². The predicted molar refractivity (Wildman–Crippen MR) is 123 cm³/mol. The molecule has 9 heteroatoms. The molecule has 0 radical (unpaired) electrons. The zero-order chi connectivity index (χ0) is 22.9. The summed E-state index contributed by atoms with van der Waals surface area (Å²) in [6, 6.07) is 16.3. The molecule has 0 bridgehead atoms. The summed E-state index contributed by atoms with van der Waals surface area (Å²) in [6.45, 7) is 1.78. The first-order valence-corrected chi connectivity index (χ1v) is 11.4. The van der Waals surface area contributed by atoms with Gasteiger partial charge in [-0.15, -0.1) is 0 Å². The van der Waals surface area contributed by atoms with Gasteiger partial charge in [0.15, 0.2) is 11.5 Å². The molecule has 7 nitrogen and oxygen atoms in total. The Morgan fingerprint density at radius 3 is 2.59 bits per heavy atom. The van der Waals surface area contributed by atoms with Crippen LogP contribution in [0, 0.1) is 6.92 Å². The number of pyridine rings is 1. The largest absolute Gasteiger partial charge is 0.508 e. The Morgan fingerprint density at radius 2 is 1.84 bits per heavy atom. The van der Waals surface area contributed by atoms with Crippen LogP contribution in [-0.4, -0.2) is 25.6 Å². The molecule has 164 valence electrons. The van der Waals surface area contributed by atoms with Gasteiger partial charge in [0.25, 0.3) is 10.0 Å². The molecule has 0 aliphatic carbocycles. The van der Waals surface area contributed by atoms with Gasteiger partial charge in [-0.3, -0.25) is 9.71 Å². The number of aromatic nitrogens is 1. The smallest absolute Gasteiger partial charge is 0.263 e. The normalized spacial score (nSPS) is 11.3. The van der Waals surface area contributed by atoms with E-state index in [0.29, 0.717) is 22.8 Å². The Hall–Kier alpha value is -3.49. The van der Waals surface area contributed by atoms with Gasteiger partial charge in [0.05, 0.1) is 29.5 Å². The van der Waals surface area contributed by atoms with Crippen LogP contribution in [0.5, 0.6) is 23.0 Å². The van der Waals surface area contributed by atoms with E-state index < -0.39 is 10.0 Å². The van der Waals surface area contributed by atoms with E-state index in [0.717, 1.165) is 17.0 Å². The lowest BCUT2D eigenvalue weighted by atomic mass is 10.2. The number of nitrogens with zero attached hydrogens (tertiary/aromatic N) is 1. The van der Waals surface area contributed by atoms with E-state index in [2.05, 4.69) is 9.71 Å². The molecule has 3 aromatic carbocycles. The number of fused-ring (bicyclic) bond motifs is 1. The second-order valence-electron chi connectivity index (χ2n) is 7.01. The Bertz CT molecular complexity index is 1420. The third-order valence-corrected chi connectivity index (χ3v) is 6.57. The van der Waals surface area contributed by atoms with Crippen molar-refractivity contribution >= 4 is 38.2 Å². The van der Waals surface area contributed by atoms with Gasteiger partial charge in [-0.1, -0.05) is 29.8 Å². The van der Waals surface area contributed by atoms with Gasteiger partial charge in [0, 0.05) is 11.5 Å². The molecule has 0 unspecified atom stereocenters. The number of aromatic hydroxyl groups is 1. The van der Waals surface area contributed by atoms with Crippen LogP contribution in [0.4, 0.5) is 5.69 Å². The second kappa shape index (κ2) is 8.57. The van der Waals surface area contributed by atoms with E-state index >= 15 is 0 Å². The van der Waals surface area contributed by atoms with E-state index in [4.69, 9.17) is 21.1 Å². The summed E-state index contributed by atoms with van der Waals surface area (Å²) in [5.74, 6) is 1.17. The Labute approximate surface area is 190 Å². The highest BCUT2D eigenvalue weighted by atomic mass is 35.5. The van der Waals surface area contributed by atoms with Crippen LogP contribution in [0.3, 0.4) is 0 Å². The third kappa shape index (κ3) is 4.42. The highest BCUT2D eigenvalue weighted by Gasteiger charge is 2.20. The lowest BCUT2D eigenvalue weighted by molar-refractivity contribution is 0.377. The van der Waals surface area contributed by atoms with E-state index in [-0.39, 0.29) is 21.4 Å². The van der Waals surface area contributed by atoms with Crippen molar-refractivity contribution in [1.29, 1.82) is 0 Å². The molecule has 32 heavy (non-hydrogen) atoms. The maximum atomic E-state index is 12.8. The van der Waals surface area contributed by atoms with Gasteiger partial charge < -0.3 is 14.6 Å². The van der Waals surface area contributed by atoms with Crippen LogP contribution in [0.1, 0.15) is 5.56 Å². The lowest BCUT2D eigenvalue weighted by Gasteiger charge is -2.16. The molecular weight excluding hydrogens is 452 g/mol. The summed E-state index contributed by atoms with van der Waals surface area (Å²) in [7, 11) is -2.53. The molecule has 4 aromatic rings. The number of halogens is 1. The number of hydrogen-bond donors (Lipinski definition) is 2. The molecule has 0 amide bonds. The van der Waals surface area contributed by atoms with Crippen molar-refractivity contribution in [3.8, 4) is 23.0 Å². The van der Waals surface area contributed by atoms with Crippen molar-refractivity contribution in [2.24, 2.45) is 0 Å². The number of ether oxygens (including phenoxy) is 2. The van der Waals surface area contributed by atoms with Crippen molar-refractivity contribution in [1.82, 2.24) is 4.98 Å². The van der Waals surface area contributed by atoms with E-state index in [1.807, 2.05) is 30.3 Å². The summed E-state index contributed by atoms with van der Waals surface area (Å²) < 4.78 is 39.5. The molecule has 1 aromatic heterocycles. The van der Waals surface area contributed by atoms with Crippen LogP contribution in [-0.2, 0) is 10.0 Å². The van der Waals surface area contributed by atoms with Crippen molar-refractivity contribution in [2.75, 3.05) is 11.8 Å². The number of benzene rings is 3. The number of rotatable bonds is 6. The van der Waals surface area contributed by atoms with Crippen LogP contribution >= 0.6 is 11.6 Å². The standard InChI is InChI=1S/C23H19ClN2O5S/c1-14-9-16(26-32(28,29)22-8-7-17(27)12-19(22)24)11-21(30-2)23(14)31-18-10-15-5-3-4-6-20(15)25-13-18/h3-13,26-27H,1-2H3. The molecule has 0 saturated heterocycles. The fourth-order valence-electron chi connectivity index (χ4n) is 3.23. The molecular formula is C23H19ClN2O5S.